The molecule has 17 nitrogen and oxygen atoms in total. The monoisotopic (exact) mass is 1500 g/mol. The molecule has 2 amide bonds. The van der Waals surface area contributed by atoms with Crippen molar-refractivity contribution in [2.24, 2.45) is 0 Å². The van der Waals surface area contributed by atoms with Gasteiger partial charge >= 0.3 is 7.12 Å². The number of nitrogens with one attached hydrogen (secondary N) is 1. The molecule has 2 atom stereocenters. The summed E-state index contributed by atoms with van der Waals surface area (Å²) in [6.45, 7) is 21.8. The van der Waals surface area contributed by atoms with Gasteiger partial charge < -0.3 is 59.0 Å². The van der Waals surface area contributed by atoms with E-state index >= 15 is 0 Å². The van der Waals surface area contributed by atoms with Crippen LogP contribution in [0.2, 0.25) is 0 Å². The van der Waals surface area contributed by atoms with Gasteiger partial charge in [0, 0.05) is 103 Å². The molecule has 0 radical (unpaired) electrons. The number of alkyl halides is 2. The number of amides is 2. The fourth-order valence-corrected chi connectivity index (χ4v) is 14.0. The van der Waals surface area contributed by atoms with Crippen molar-refractivity contribution in [3.8, 4) is 22.8 Å². The number of anilines is 4. The van der Waals surface area contributed by atoms with Crippen LogP contribution in [0, 0.1) is 0 Å². The van der Waals surface area contributed by atoms with Crippen molar-refractivity contribution in [2.75, 3.05) is 58.9 Å². The van der Waals surface area contributed by atoms with Gasteiger partial charge in [-0.05, 0) is 179 Å². The number of hydrogen-bond acceptors (Lipinski definition) is 18. The van der Waals surface area contributed by atoms with Gasteiger partial charge in [0.25, 0.3) is 0 Å². The molecule has 476 valence electrons. The Bertz CT molecular complexity index is 2980. The third kappa shape index (κ3) is 18.4. The summed E-state index contributed by atoms with van der Waals surface area (Å²) in [4.78, 5) is 45.4. The summed E-state index contributed by atoms with van der Waals surface area (Å²) in [5.74, 6) is 1.93. The van der Waals surface area contributed by atoms with E-state index in [9.17, 15) is 14.7 Å². The van der Waals surface area contributed by atoms with Crippen LogP contribution in [0.3, 0.4) is 0 Å². The zero-order valence-corrected chi connectivity index (χ0v) is 59.0. The second-order valence-electron chi connectivity index (χ2n) is 23.2. The molecule has 5 aromatic rings. The number of carbonyl (C=O) groups is 2. The van der Waals surface area contributed by atoms with Crippen molar-refractivity contribution < 1.29 is 43.7 Å². The number of halogens is 6. The first-order valence-corrected chi connectivity index (χ1v) is 34.6. The summed E-state index contributed by atoms with van der Waals surface area (Å²) in [5, 5.41) is 37.8. The van der Waals surface area contributed by atoms with Crippen LogP contribution in [0.4, 0.5) is 21.6 Å². The summed E-state index contributed by atoms with van der Waals surface area (Å²) >= 11 is 24.5. The molecule has 6 fully saturated rings. The predicted octanol–water partition coefficient (Wildman–Crippen LogP) is 12.8. The van der Waals surface area contributed by atoms with Crippen molar-refractivity contribution >= 4 is 163 Å². The molecule has 86 heavy (non-hydrogen) atoms. The molecule has 0 bridgehead atoms. The lowest BCUT2D eigenvalue weighted by Gasteiger charge is -2.37. The van der Waals surface area contributed by atoms with Gasteiger partial charge in [-0.1, -0.05) is 13.5 Å². The number of fused-ring (bicyclic) bond motifs is 2. The highest BCUT2D eigenvalue weighted by atomic mass is 79.9. The van der Waals surface area contributed by atoms with Crippen LogP contribution in [-0.4, -0.2) is 147 Å². The summed E-state index contributed by atoms with van der Waals surface area (Å²) in [6.07, 6.45) is 10.5. The Hall–Kier alpha value is -2.40. The Morgan fingerprint density at radius 3 is 1.49 bits per heavy atom. The summed E-state index contributed by atoms with van der Waals surface area (Å²) in [7, 11) is -0.462. The number of ether oxygens (including phenoxy) is 2. The number of hydrogen-bond donors (Lipinski definition) is 4. The highest BCUT2D eigenvalue weighted by Gasteiger charge is 2.53. The van der Waals surface area contributed by atoms with E-state index < -0.39 is 18.3 Å². The summed E-state index contributed by atoms with van der Waals surface area (Å²) < 4.78 is 28.3. The van der Waals surface area contributed by atoms with Crippen LogP contribution >= 0.6 is 117 Å². The normalized spacial score (nSPS) is 21.0. The van der Waals surface area contributed by atoms with Gasteiger partial charge in [-0.15, -0.1) is 69.6 Å². The number of aromatic nitrogens is 3. The maximum absolute atomic E-state index is 12.3. The lowest BCUT2D eigenvalue weighted by molar-refractivity contribution is -0.117. The van der Waals surface area contributed by atoms with Gasteiger partial charge in [0.15, 0.2) is 14.2 Å². The van der Waals surface area contributed by atoms with Gasteiger partial charge in [-0.25, -0.2) is 15.0 Å². The van der Waals surface area contributed by atoms with Crippen molar-refractivity contribution in [3.63, 3.8) is 0 Å². The van der Waals surface area contributed by atoms with Gasteiger partial charge in [0.1, 0.15) is 25.5 Å². The SMILES string of the molecule is Brc1csc(Br)n1.C.CC(=O)N1c2ccc(-c3csc(N4CC(O)C4)n3)c(OC3CCC3)c2CC[C@@H]1C.CC(=O)N1c2ccc(B3OC(C)(C)C(C)(C)O3)c(OC3CCC3)c2CC[C@@H]1C.CC(Cl)Cl.Cl.OC1CN(c2nc(Br)cs2)C1.OC1CNC1. The van der Waals surface area contributed by atoms with E-state index in [0.717, 1.165) is 152 Å². The molecule has 2 aliphatic carbocycles. The average molecular weight is 1500 g/mol. The molecule has 0 unspecified atom stereocenters. The zero-order valence-electron chi connectivity index (χ0n) is 49.5. The summed E-state index contributed by atoms with van der Waals surface area (Å²) in [6, 6.07) is 8.59. The molecular weight excluding hydrogens is 1420 g/mol. The molecule has 3 aromatic heterocycles. The topological polar surface area (TPSA) is 195 Å². The number of rotatable bonds is 8. The quantitative estimate of drug-likeness (QED) is 0.0845. The first-order valence-electron chi connectivity index (χ1n) is 28.8. The Balaban J connectivity index is 0.000000190. The Morgan fingerprint density at radius 1 is 0.686 bits per heavy atom. The highest BCUT2D eigenvalue weighted by molar-refractivity contribution is 9.11. The fraction of sp³-hybridized carbons (Fsp3) is 0.610. The number of β-amino-alcohol motifs (C(OH)–C–C–N with tert-alkyl or cyclic N) is 3. The third-order valence-electron chi connectivity index (χ3n) is 16.1. The highest BCUT2D eigenvalue weighted by Crippen LogP contribution is 2.46. The fourth-order valence-electron chi connectivity index (χ4n) is 10.2. The van der Waals surface area contributed by atoms with Crippen molar-refractivity contribution in [3.05, 3.63) is 64.7 Å². The number of aliphatic hydroxyl groups is 3. The molecule has 4 saturated heterocycles. The number of aliphatic hydroxyl groups excluding tert-OH is 3. The number of nitrogens with zero attached hydrogens (tertiary/aromatic N) is 7. The molecule has 13 rings (SSSR count). The Kier molecular flexibility index (Phi) is 27.2. The van der Waals surface area contributed by atoms with Crippen molar-refractivity contribution in [1.29, 1.82) is 0 Å². The lowest BCUT2D eigenvalue weighted by atomic mass is 9.75. The maximum atomic E-state index is 12.3. The van der Waals surface area contributed by atoms with E-state index in [0.29, 0.717) is 13.1 Å². The van der Waals surface area contributed by atoms with Crippen LogP contribution in [0.15, 0.2) is 53.5 Å². The molecule has 9 heterocycles. The van der Waals surface area contributed by atoms with Gasteiger partial charge in [0.05, 0.1) is 58.8 Å². The molecule has 27 heteroatoms. The number of thiazole rings is 3. The molecule has 0 spiro atoms. The largest absolute Gasteiger partial charge is 0.498 e. The van der Waals surface area contributed by atoms with Crippen LogP contribution in [0.1, 0.15) is 132 Å². The predicted molar refractivity (Wildman–Crippen MR) is 366 cm³/mol. The Labute approximate surface area is 561 Å². The van der Waals surface area contributed by atoms with Gasteiger partial charge in [-0.3, -0.25) is 9.59 Å². The van der Waals surface area contributed by atoms with E-state index in [2.05, 4.69) is 132 Å². The van der Waals surface area contributed by atoms with Gasteiger partial charge in [0.2, 0.25) is 11.8 Å². The minimum Gasteiger partial charge on any atom is -0.490 e. The smallest absolute Gasteiger partial charge is 0.490 e. The van der Waals surface area contributed by atoms with Crippen LogP contribution in [0.5, 0.6) is 11.5 Å². The lowest BCUT2D eigenvalue weighted by Crippen LogP contribution is -2.50. The molecule has 2 aromatic carbocycles. The van der Waals surface area contributed by atoms with Crippen molar-refractivity contribution in [2.45, 2.75) is 193 Å². The minimum absolute atomic E-state index is 0. The average Bonchev–Trinajstić information content (AvgIpc) is 1.58. The first kappa shape index (κ1) is 72.7. The molecular formula is C59H83BBr3Cl3N8O9S3. The maximum Gasteiger partial charge on any atom is 0.498 e. The second-order valence-corrected chi connectivity index (χ2v) is 30.2. The second kappa shape index (κ2) is 32.2. The van der Waals surface area contributed by atoms with Crippen LogP contribution in [-0.2, 0) is 31.7 Å². The van der Waals surface area contributed by atoms with Crippen LogP contribution in [0.25, 0.3) is 11.3 Å². The third-order valence-corrected chi connectivity index (χ3v) is 20.7. The number of carbonyl (C=O) groups excluding carboxylic acids is 2. The Morgan fingerprint density at radius 2 is 1.12 bits per heavy atom. The van der Waals surface area contributed by atoms with E-state index in [-0.39, 0.29) is 79.1 Å². The minimum atomic E-state index is -0.462. The molecule has 8 aliphatic rings. The van der Waals surface area contributed by atoms with E-state index in [4.69, 9.17) is 57.2 Å². The zero-order chi connectivity index (χ0) is 60.8. The van der Waals surface area contributed by atoms with E-state index in [1.165, 1.54) is 12.8 Å². The molecule has 2 saturated carbocycles. The first-order chi connectivity index (χ1) is 39.8. The van der Waals surface area contributed by atoms with E-state index in [1.807, 2.05) is 32.7 Å². The summed E-state index contributed by atoms with van der Waals surface area (Å²) in [5.41, 5.74) is 6.28. The number of benzene rings is 2. The standard InChI is InChI=1S/C22H32BNO4.C22H27N3O3S.C6H7BrN2OS.C3HBr2NS.C3H7NO.C2H4Cl2.CH4.ClH/c1-14-10-11-17-19(24(14)15(2)25)13-12-18(20(17)26-16-8-7-9-16)23-27-21(3,4)22(5,6)28-23;1-13-6-7-18-20(25(13)14(2)26)9-8-17(21(18)28-16-4-3-5-16)19-12-29-22(23-19)24-10-15(27)11-24;7-5-3-11-6(8-5)9-1-4(10)2-9;4-2-1-7-3(5)6-2;5-3-1-4-2-3;1-2(3)4;;/h12-14,16H,7-11H2,1-6H3;8-9,12-13,15-16,27H,3-7,10-11H2,1-2H3;3-4,10H,1-2H2;1H;3-5H,1-2H2;2H,1H3;1H4;1H/t14-;13-;;;;;;/m00....../s1. The van der Waals surface area contributed by atoms with E-state index in [1.54, 1.807) is 54.8 Å². The van der Waals surface area contributed by atoms with Crippen molar-refractivity contribution in [1.82, 2.24) is 20.3 Å². The van der Waals surface area contributed by atoms with Crippen LogP contribution < -0.4 is 39.9 Å². The molecule has 6 aliphatic heterocycles. The molecule has 4 N–H and O–H groups in total. The van der Waals surface area contributed by atoms with Gasteiger partial charge in [-0.2, -0.15) is 0 Å².